The Balaban J connectivity index is 1.20. The molecule has 1 N–H and O–H groups in total. The standard InChI is InChI=1S/C26H32N4O4S/c1-18-7-8-24(19(2)17-18)35(33,34)29-15-9-20(10-16-29)25(31)28-13-11-21(12-14-28)30-23-6-4-3-5-22(23)27-26(30)32/h3-8,17,20-21H,9-16H2,1-2H3,(H,27,32). The van der Waals surface area contributed by atoms with Crippen molar-refractivity contribution in [1.82, 2.24) is 18.8 Å². The molecule has 0 atom stereocenters. The Morgan fingerprint density at radius 3 is 2.31 bits per heavy atom. The van der Waals surface area contributed by atoms with E-state index in [1.54, 1.807) is 6.07 Å². The van der Waals surface area contributed by atoms with Crippen LogP contribution in [0.25, 0.3) is 11.0 Å². The van der Waals surface area contributed by atoms with Crippen LogP contribution in [0.1, 0.15) is 42.9 Å². The summed E-state index contributed by atoms with van der Waals surface area (Å²) in [5.41, 5.74) is 3.41. The van der Waals surface area contributed by atoms with Crippen LogP contribution in [-0.2, 0) is 14.8 Å². The van der Waals surface area contributed by atoms with Crippen LogP contribution < -0.4 is 5.69 Å². The van der Waals surface area contributed by atoms with E-state index in [2.05, 4.69) is 4.98 Å². The van der Waals surface area contributed by atoms with Gasteiger partial charge in [-0.15, -0.1) is 0 Å². The molecule has 35 heavy (non-hydrogen) atoms. The fourth-order valence-corrected chi connectivity index (χ4v) is 7.29. The van der Waals surface area contributed by atoms with Crippen LogP contribution in [0, 0.1) is 19.8 Å². The molecule has 9 heteroatoms. The van der Waals surface area contributed by atoms with Crippen LogP contribution in [0.2, 0.25) is 0 Å². The van der Waals surface area contributed by atoms with Crippen LogP contribution in [-0.4, -0.2) is 59.3 Å². The Hall–Kier alpha value is -2.91. The second kappa shape index (κ2) is 9.28. The third kappa shape index (κ3) is 4.43. The Bertz CT molecular complexity index is 1410. The first-order chi connectivity index (χ1) is 16.8. The van der Waals surface area contributed by atoms with Crippen molar-refractivity contribution in [3.63, 3.8) is 0 Å². The molecule has 0 aliphatic carbocycles. The fourth-order valence-electron chi connectivity index (χ4n) is 5.61. The lowest BCUT2D eigenvalue weighted by Gasteiger charge is -2.37. The number of amides is 1. The molecule has 2 saturated heterocycles. The van der Waals surface area contributed by atoms with Gasteiger partial charge in [0, 0.05) is 38.1 Å². The zero-order valence-electron chi connectivity index (χ0n) is 20.2. The quantitative estimate of drug-likeness (QED) is 0.600. The third-order valence-corrected chi connectivity index (χ3v) is 9.58. The number of likely N-dealkylation sites (tertiary alicyclic amines) is 1. The highest BCUT2D eigenvalue weighted by Gasteiger charge is 2.35. The lowest BCUT2D eigenvalue weighted by Crippen LogP contribution is -2.47. The van der Waals surface area contributed by atoms with E-state index in [4.69, 9.17) is 0 Å². The van der Waals surface area contributed by atoms with Gasteiger partial charge in [-0.1, -0.05) is 29.8 Å². The summed E-state index contributed by atoms with van der Waals surface area (Å²) in [5, 5.41) is 0. The van der Waals surface area contributed by atoms with Crippen LogP contribution in [0.15, 0.2) is 52.2 Å². The van der Waals surface area contributed by atoms with E-state index in [0.717, 1.165) is 35.0 Å². The molecule has 2 aliphatic heterocycles. The van der Waals surface area contributed by atoms with Gasteiger partial charge in [-0.25, -0.2) is 13.2 Å². The maximum atomic E-state index is 13.2. The van der Waals surface area contributed by atoms with Crippen LogP contribution in [0.5, 0.6) is 0 Å². The molecule has 1 aromatic heterocycles. The summed E-state index contributed by atoms with van der Waals surface area (Å²) in [4.78, 5) is 30.9. The minimum atomic E-state index is -3.56. The molecule has 1 amide bonds. The van der Waals surface area contributed by atoms with E-state index in [1.165, 1.54) is 4.31 Å². The summed E-state index contributed by atoms with van der Waals surface area (Å²) in [5.74, 6) is -0.0498. The zero-order valence-corrected chi connectivity index (χ0v) is 21.1. The lowest BCUT2D eigenvalue weighted by molar-refractivity contribution is -0.138. The predicted octanol–water partition coefficient (Wildman–Crippen LogP) is 3.21. The van der Waals surface area contributed by atoms with Crippen molar-refractivity contribution in [3.8, 4) is 0 Å². The molecule has 0 saturated carbocycles. The molecule has 3 aromatic rings. The number of nitrogens with zero attached hydrogens (tertiary/aromatic N) is 3. The molecule has 2 aliphatic rings. The summed E-state index contributed by atoms with van der Waals surface area (Å²) < 4.78 is 29.7. The van der Waals surface area contributed by atoms with E-state index < -0.39 is 10.0 Å². The molecular formula is C26H32N4O4S. The van der Waals surface area contributed by atoms with Crippen LogP contribution in [0.4, 0.5) is 0 Å². The summed E-state index contributed by atoms with van der Waals surface area (Å²) in [6.45, 7) is 5.69. The lowest BCUT2D eigenvalue weighted by atomic mass is 9.94. The van der Waals surface area contributed by atoms with E-state index in [1.807, 2.05) is 59.7 Å². The van der Waals surface area contributed by atoms with Gasteiger partial charge in [0.15, 0.2) is 0 Å². The van der Waals surface area contributed by atoms with Crippen LogP contribution >= 0.6 is 0 Å². The summed E-state index contributed by atoms with van der Waals surface area (Å²) in [6, 6.07) is 13.1. The van der Waals surface area contributed by atoms with Crippen molar-refractivity contribution < 1.29 is 13.2 Å². The largest absolute Gasteiger partial charge is 0.342 e. The molecule has 0 radical (unpaired) electrons. The fraction of sp³-hybridized carbons (Fsp3) is 0.462. The number of aryl methyl sites for hydroxylation is 2. The zero-order chi connectivity index (χ0) is 24.7. The van der Waals surface area contributed by atoms with E-state index in [0.29, 0.717) is 43.9 Å². The first-order valence-electron chi connectivity index (χ1n) is 12.3. The molecule has 0 spiro atoms. The highest BCUT2D eigenvalue weighted by atomic mass is 32.2. The number of hydrogen-bond acceptors (Lipinski definition) is 4. The summed E-state index contributed by atoms with van der Waals surface area (Å²) >= 11 is 0. The van der Waals surface area contributed by atoms with Crippen molar-refractivity contribution in [1.29, 1.82) is 0 Å². The number of aromatic nitrogens is 2. The molecule has 0 bridgehead atoms. The van der Waals surface area contributed by atoms with Gasteiger partial charge >= 0.3 is 5.69 Å². The highest BCUT2D eigenvalue weighted by Crippen LogP contribution is 2.30. The molecule has 186 valence electrons. The topological polar surface area (TPSA) is 95.5 Å². The minimum absolute atomic E-state index is 0.0624. The maximum Gasteiger partial charge on any atom is 0.326 e. The van der Waals surface area contributed by atoms with Gasteiger partial charge < -0.3 is 9.88 Å². The van der Waals surface area contributed by atoms with Crippen molar-refractivity contribution in [2.24, 2.45) is 5.92 Å². The number of nitrogens with one attached hydrogen (secondary N) is 1. The second-order valence-corrected chi connectivity index (χ2v) is 11.7. The molecule has 0 unspecified atom stereocenters. The molecule has 3 heterocycles. The van der Waals surface area contributed by atoms with Gasteiger partial charge in [-0.2, -0.15) is 4.31 Å². The highest BCUT2D eigenvalue weighted by molar-refractivity contribution is 7.89. The number of benzene rings is 2. The number of carbonyl (C=O) groups excluding carboxylic acids is 1. The third-order valence-electron chi connectivity index (χ3n) is 7.52. The molecular weight excluding hydrogens is 464 g/mol. The molecule has 2 aromatic carbocycles. The van der Waals surface area contributed by atoms with Crippen molar-refractivity contribution in [2.45, 2.75) is 50.5 Å². The first kappa shape index (κ1) is 23.8. The summed E-state index contributed by atoms with van der Waals surface area (Å²) in [6.07, 6.45) is 2.52. The number of carbonyl (C=O) groups is 1. The number of fused-ring (bicyclic) bond motifs is 1. The number of rotatable bonds is 4. The van der Waals surface area contributed by atoms with E-state index in [9.17, 15) is 18.0 Å². The van der Waals surface area contributed by atoms with Crippen molar-refractivity contribution in [2.75, 3.05) is 26.2 Å². The smallest absolute Gasteiger partial charge is 0.326 e. The number of aromatic amines is 1. The summed E-state index contributed by atoms with van der Waals surface area (Å²) in [7, 11) is -3.56. The number of H-pyrrole nitrogens is 1. The van der Waals surface area contributed by atoms with Gasteiger partial charge in [-0.05, 0) is 63.3 Å². The maximum absolute atomic E-state index is 13.2. The average Bonchev–Trinajstić information content (AvgIpc) is 3.19. The predicted molar refractivity (Wildman–Crippen MR) is 135 cm³/mol. The Labute approximate surface area is 205 Å². The Kier molecular flexibility index (Phi) is 6.31. The SMILES string of the molecule is Cc1ccc(S(=O)(=O)N2CCC(C(=O)N3CCC(n4c(=O)[nH]c5ccccc54)CC3)CC2)c(C)c1. The number of imidazole rings is 1. The number of hydrogen-bond donors (Lipinski definition) is 1. The molecule has 8 nitrogen and oxygen atoms in total. The van der Waals surface area contributed by atoms with E-state index >= 15 is 0 Å². The monoisotopic (exact) mass is 496 g/mol. The Morgan fingerprint density at radius 1 is 0.943 bits per heavy atom. The number of para-hydroxylation sites is 2. The van der Waals surface area contributed by atoms with Gasteiger partial charge in [-0.3, -0.25) is 9.36 Å². The van der Waals surface area contributed by atoms with Gasteiger partial charge in [0.25, 0.3) is 0 Å². The number of piperidine rings is 2. The molecule has 5 rings (SSSR count). The van der Waals surface area contributed by atoms with Gasteiger partial charge in [0.05, 0.1) is 15.9 Å². The van der Waals surface area contributed by atoms with Crippen molar-refractivity contribution in [3.05, 3.63) is 64.1 Å². The van der Waals surface area contributed by atoms with Gasteiger partial charge in [0.2, 0.25) is 15.9 Å². The first-order valence-corrected chi connectivity index (χ1v) is 13.7. The van der Waals surface area contributed by atoms with Gasteiger partial charge in [0.1, 0.15) is 0 Å². The second-order valence-electron chi connectivity index (χ2n) is 9.82. The van der Waals surface area contributed by atoms with E-state index in [-0.39, 0.29) is 23.6 Å². The number of sulfonamides is 1. The van der Waals surface area contributed by atoms with Crippen molar-refractivity contribution >= 4 is 27.0 Å². The normalized spacial score (nSPS) is 18.9. The van der Waals surface area contributed by atoms with Crippen LogP contribution in [0.3, 0.4) is 0 Å². The average molecular weight is 497 g/mol. The molecule has 2 fully saturated rings. The minimum Gasteiger partial charge on any atom is -0.342 e. The Morgan fingerprint density at radius 2 is 1.63 bits per heavy atom.